The van der Waals surface area contributed by atoms with Crippen molar-refractivity contribution in [2.45, 2.75) is 31.3 Å². The molecule has 0 radical (unpaired) electrons. The Bertz CT molecular complexity index is 564. The Morgan fingerprint density at radius 1 is 1.33 bits per heavy atom. The summed E-state index contributed by atoms with van der Waals surface area (Å²) in [5, 5.41) is 0.500. The number of benzene rings is 1. The first kappa shape index (κ1) is 14.5. The van der Waals surface area contributed by atoms with E-state index >= 15 is 0 Å². The average Bonchev–Trinajstić information content (AvgIpc) is 2.58. The quantitative estimate of drug-likeness (QED) is 0.863. The molecule has 1 saturated heterocycles. The van der Waals surface area contributed by atoms with E-state index in [0.717, 1.165) is 18.4 Å². The maximum absolute atomic E-state index is 12.1. The molecule has 1 aromatic carbocycles. The highest BCUT2D eigenvalue weighted by molar-refractivity contribution is 6.32. The molecule has 1 aromatic rings. The third-order valence-electron chi connectivity index (χ3n) is 4.10. The fourth-order valence-corrected chi connectivity index (χ4v) is 3.31. The van der Waals surface area contributed by atoms with Crippen molar-refractivity contribution in [2.75, 3.05) is 20.3 Å². The molecule has 0 aromatic heterocycles. The highest BCUT2D eigenvalue weighted by Crippen LogP contribution is 2.41. The van der Waals surface area contributed by atoms with Crippen LogP contribution in [0.2, 0.25) is 5.02 Å². The summed E-state index contributed by atoms with van der Waals surface area (Å²) in [6, 6.07) is 3.42. The molecule has 2 unspecified atom stereocenters. The number of rotatable bonds is 1. The van der Waals surface area contributed by atoms with Crippen LogP contribution in [-0.4, -0.2) is 37.1 Å². The number of likely N-dealkylation sites (N-methyl/N-ethyl adjacent to an activating group) is 1. The molecule has 21 heavy (non-hydrogen) atoms. The Labute approximate surface area is 128 Å². The number of carbonyl (C=O) groups is 1. The number of nitrogens with zero attached hydrogens (tertiary/aromatic N) is 1. The Hall–Kier alpha value is -1.46. The summed E-state index contributed by atoms with van der Waals surface area (Å²) in [6.45, 7) is 0.992. The molecular weight excluding hydrogens is 292 g/mol. The summed E-state index contributed by atoms with van der Waals surface area (Å²) in [7, 11) is 1.79. The Morgan fingerprint density at radius 2 is 2.10 bits per heavy atom. The molecular formula is C15H19ClN2O3. The minimum absolute atomic E-state index is 0.110. The van der Waals surface area contributed by atoms with Crippen molar-refractivity contribution in [3.63, 3.8) is 0 Å². The smallest absolute Gasteiger partial charge is 0.222 e. The molecule has 2 aliphatic rings. The number of carbonyl (C=O) groups excluding carboxylic acids is 1. The predicted molar refractivity (Wildman–Crippen MR) is 79.8 cm³/mol. The van der Waals surface area contributed by atoms with Gasteiger partial charge in [-0.05, 0) is 30.5 Å². The number of hydrogen-bond acceptors (Lipinski definition) is 4. The van der Waals surface area contributed by atoms with Crippen LogP contribution in [0.5, 0.6) is 11.5 Å². The van der Waals surface area contributed by atoms with Gasteiger partial charge in [-0.25, -0.2) is 0 Å². The van der Waals surface area contributed by atoms with Gasteiger partial charge in [0.2, 0.25) is 5.91 Å². The van der Waals surface area contributed by atoms with Crippen LogP contribution in [0.4, 0.5) is 0 Å². The van der Waals surface area contributed by atoms with Crippen molar-refractivity contribution in [3.05, 3.63) is 22.7 Å². The highest BCUT2D eigenvalue weighted by atomic mass is 35.5. The maximum Gasteiger partial charge on any atom is 0.222 e. The number of halogens is 1. The summed E-state index contributed by atoms with van der Waals surface area (Å²) < 4.78 is 11.1. The Morgan fingerprint density at radius 3 is 2.90 bits per heavy atom. The topological polar surface area (TPSA) is 64.8 Å². The Kier molecular flexibility index (Phi) is 3.95. The van der Waals surface area contributed by atoms with Crippen molar-refractivity contribution >= 4 is 17.5 Å². The first-order valence-corrected chi connectivity index (χ1v) is 7.56. The molecule has 5 nitrogen and oxygen atoms in total. The normalized spacial score (nSPS) is 25.7. The van der Waals surface area contributed by atoms with Crippen molar-refractivity contribution in [3.8, 4) is 11.5 Å². The molecule has 2 heterocycles. The van der Waals surface area contributed by atoms with Gasteiger partial charge in [0.25, 0.3) is 0 Å². The van der Waals surface area contributed by atoms with Gasteiger partial charge in [0.15, 0.2) is 11.5 Å². The SMILES string of the molecule is CN1C(=O)CCCC(N)C1c1cc(Cl)c2c(c1)OCCO2. The van der Waals surface area contributed by atoms with Gasteiger partial charge in [-0.15, -0.1) is 0 Å². The van der Waals surface area contributed by atoms with Crippen LogP contribution in [-0.2, 0) is 4.79 Å². The van der Waals surface area contributed by atoms with E-state index in [2.05, 4.69) is 0 Å². The molecule has 2 atom stereocenters. The van der Waals surface area contributed by atoms with E-state index in [-0.39, 0.29) is 18.0 Å². The first-order valence-electron chi connectivity index (χ1n) is 7.18. The van der Waals surface area contributed by atoms with E-state index in [0.29, 0.717) is 36.2 Å². The van der Waals surface area contributed by atoms with E-state index in [9.17, 15) is 4.79 Å². The van der Waals surface area contributed by atoms with Gasteiger partial charge in [0, 0.05) is 19.5 Å². The zero-order valence-corrected chi connectivity index (χ0v) is 12.7. The number of amides is 1. The highest BCUT2D eigenvalue weighted by Gasteiger charge is 2.32. The summed E-state index contributed by atoms with van der Waals surface area (Å²) in [5.74, 6) is 1.31. The van der Waals surface area contributed by atoms with Crippen LogP contribution < -0.4 is 15.2 Å². The third kappa shape index (κ3) is 2.68. The van der Waals surface area contributed by atoms with Gasteiger partial charge in [-0.3, -0.25) is 4.79 Å². The molecule has 0 bridgehead atoms. The van der Waals surface area contributed by atoms with E-state index in [4.69, 9.17) is 26.8 Å². The minimum Gasteiger partial charge on any atom is -0.486 e. The largest absolute Gasteiger partial charge is 0.486 e. The zero-order valence-electron chi connectivity index (χ0n) is 12.0. The van der Waals surface area contributed by atoms with E-state index in [1.165, 1.54) is 0 Å². The molecule has 6 heteroatoms. The van der Waals surface area contributed by atoms with Crippen LogP contribution in [0.25, 0.3) is 0 Å². The molecule has 2 N–H and O–H groups in total. The predicted octanol–water partition coefficient (Wildman–Crippen LogP) is 2.12. The number of fused-ring (bicyclic) bond motifs is 1. The molecule has 1 amide bonds. The van der Waals surface area contributed by atoms with Crippen LogP contribution in [0, 0.1) is 0 Å². The molecule has 1 fully saturated rings. The van der Waals surface area contributed by atoms with Gasteiger partial charge < -0.3 is 20.1 Å². The Balaban J connectivity index is 2.01. The molecule has 2 aliphatic heterocycles. The lowest BCUT2D eigenvalue weighted by atomic mass is 9.96. The average molecular weight is 311 g/mol. The summed E-state index contributed by atoms with van der Waals surface area (Å²) in [6.07, 6.45) is 2.17. The second-order valence-corrected chi connectivity index (χ2v) is 5.94. The number of ether oxygens (including phenoxy) is 2. The van der Waals surface area contributed by atoms with Crippen molar-refractivity contribution in [1.29, 1.82) is 0 Å². The van der Waals surface area contributed by atoms with E-state index in [1.807, 2.05) is 12.1 Å². The van der Waals surface area contributed by atoms with Crippen LogP contribution in [0.15, 0.2) is 12.1 Å². The molecule has 0 saturated carbocycles. The second kappa shape index (κ2) is 5.73. The lowest BCUT2D eigenvalue weighted by Gasteiger charge is -2.32. The molecule has 0 spiro atoms. The summed E-state index contributed by atoms with van der Waals surface area (Å²) in [4.78, 5) is 13.8. The molecule has 0 aliphatic carbocycles. The van der Waals surface area contributed by atoms with Gasteiger partial charge in [0.1, 0.15) is 13.2 Å². The lowest BCUT2D eigenvalue weighted by molar-refractivity contribution is -0.131. The fraction of sp³-hybridized carbons (Fsp3) is 0.533. The molecule has 3 rings (SSSR count). The number of hydrogen-bond donors (Lipinski definition) is 1. The van der Waals surface area contributed by atoms with Crippen molar-refractivity contribution in [1.82, 2.24) is 4.90 Å². The van der Waals surface area contributed by atoms with Crippen molar-refractivity contribution in [2.24, 2.45) is 5.73 Å². The van der Waals surface area contributed by atoms with Crippen LogP contribution in [0.3, 0.4) is 0 Å². The third-order valence-corrected chi connectivity index (χ3v) is 4.39. The minimum atomic E-state index is -0.187. The monoisotopic (exact) mass is 310 g/mol. The molecule has 114 valence electrons. The van der Waals surface area contributed by atoms with Crippen molar-refractivity contribution < 1.29 is 14.3 Å². The lowest BCUT2D eigenvalue weighted by Crippen LogP contribution is -2.39. The van der Waals surface area contributed by atoms with E-state index < -0.39 is 0 Å². The van der Waals surface area contributed by atoms with Crippen LogP contribution >= 0.6 is 11.6 Å². The number of nitrogens with two attached hydrogens (primary N) is 1. The van der Waals surface area contributed by atoms with Gasteiger partial charge in [-0.1, -0.05) is 11.6 Å². The zero-order chi connectivity index (χ0) is 15.0. The first-order chi connectivity index (χ1) is 10.1. The number of likely N-dealkylation sites (tertiary alicyclic amines) is 1. The van der Waals surface area contributed by atoms with Gasteiger partial charge in [0.05, 0.1) is 11.1 Å². The maximum atomic E-state index is 12.1. The van der Waals surface area contributed by atoms with Gasteiger partial charge in [-0.2, -0.15) is 0 Å². The summed E-state index contributed by atoms with van der Waals surface area (Å²) in [5.41, 5.74) is 7.18. The standard InChI is InChI=1S/C15H19ClN2O3/c1-18-13(19)4-2-3-11(17)14(18)9-7-10(16)15-12(8-9)20-5-6-21-15/h7-8,11,14H,2-6,17H2,1H3. The second-order valence-electron chi connectivity index (χ2n) is 5.53. The van der Waals surface area contributed by atoms with Crippen LogP contribution in [0.1, 0.15) is 30.9 Å². The van der Waals surface area contributed by atoms with Gasteiger partial charge >= 0.3 is 0 Å². The van der Waals surface area contributed by atoms with E-state index in [1.54, 1.807) is 11.9 Å². The summed E-state index contributed by atoms with van der Waals surface area (Å²) >= 11 is 6.29. The fourth-order valence-electron chi connectivity index (χ4n) is 3.04.